The number of likely N-dealkylation sites (N-methyl/N-ethyl adjacent to an activating group) is 1. The number of carbonyl (C=O) groups is 10. The van der Waals surface area contributed by atoms with Gasteiger partial charge < -0.3 is 112 Å². The summed E-state index contributed by atoms with van der Waals surface area (Å²) >= 11 is 3.35. The van der Waals surface area contributed by atoms with E-state index in [-0.39, 0.29) is 137 Å². The Kier molecular flexibility index (Phi) is 24.5. The number of sulfone groups is 2. The molecular weight excluding hydrogens is 2040 g/mol. The van der Waals surface area contributed by atoms with E-state index in [0.29, 0.717) is 101 Å². The van der Waals surface area contributed by atoms with E-state index in [1.807, 2.05) is 49.5 Å². The molecule has 24 rings (SSSR count). The number of carboxylic acid groups (broad SMARTS) is 1. The van der Waals surface area contributed by atoms with Gasteiger partial charge >= 0.3 is 36.8 Å². The molecule has 14 aliphatic rings. The van der Waals surface area contributed by atoms with E-state index in [1.54, 1.807) is 145 Å². The summed E-state index contributed by atoms with van der Waals surface area (Å²) in [4.78, 5) is 132. The number of H-pyrrole nitrogens is 2. The number of ether oxygens (including phenoxy) is 6. The van der Waals surface area contributed by atoms with Crippen LogP contribution in [0, 0.1) is 37.5 Å². The molecular formula is C105H112BBrClN11O27S2. The average Bonchev–Trinajstić information content (AvgIpc) is 1.54. The summed E-state index contributed by atoms with van der Waals surface area (Å²) in [6, 6.07) is 40.8. The SMILES string of the molecule is CC(C)(C)OC(=O)N[C@]12C(=O)c3c(N)cccc3[C@@]1(O)Oc1cc(Br)ccc12.C[C@@H]1CC1[B-]12OC(=O)C[N+]1(C)CC(=O)O2.C[C@@H]1CC1c1ccc2c(c1)O[C@]1(O)c3cccc(N)c3C(=O)[C@]21N.C[C@@H]1CC1c1ccc2c(c1)O[C@]1(O)c3cccc(N)c3C(=O)[C@]21NC(=O)OC(C)(C)C.Cc1c(S(C)(=O)=O)c[nH]c1C(=O)N[C@]12C(=O)c3c(N)cccc3[C@@]1(O)Oc1cc(C3C[C@H]3C)ccc12.Cc1c(S(C)(=O)=O)c[nH]c1C(=O)O.Cl. The lowest BCUT2D eigenvalue weighted by molar-refractivity contribution is -0.794. The maximum absolute atomic E-state index is 14.0. The second kappa shape index (κ2) is 34.7. The number of quaternary nitrogens is 1. The van der Waals surface area contributed by atoms with Crippen molar-refractivity contribution in [3.8, 4) is 23.0 Å². The van der Waals surface area contributed by atoms with Crippen LogP contribution in [0.15, 0.2) is 172 Å². The molecule has 8 aliphatic carbocycles. The second-order valence-corrected chi connectivity index (χ2v) is 47.9. The third-order valence-electron chi connectivity index (χ3n) is 30.7. The summed E-state index contributed by atoms with van der Waals surface area (Å²) in [7, 11) is -5.04. The van der Waals surface area contributed by atoms with Gasteiger partial charge in [-0.25, -0.2) is 31.2 Å². The van der Waals surface area contributed by atoms with Gasteiger partial charge in [-0.3, -0.25) is 44.2 Å². The first-order valence-corrected chi connectivity index (χ1v) is 52.3. The number of aromatic amines is 2. The predicted octanol–water partition coefficient (Wildman–Crippen LogP) is 11.9. The maximum Gasteiger partial charge on any atom is 0.587 e. The van der Waals surface area contributed by atoms with Crippen LogP contribution in [-0.4, -0.2) is 166 Å². The monoisotopic (exact) mass is 2150 g/mol. The Labute approximate surface area is 864 Å². The van der Waals surface area contributed by atoms with Crippen molar-refractivity contribution in [2.24, 2.45) is 29.4 Å². The Morgan fingerprint density at radius 3 is 1.10 bits per heavy atom. The number of alkyl carbamates (subject to hydrolysis) is 2. The van der Waals surface area contributed by atoms with E-state index in [4.69, 9.17) is 71.5 Å². The predicted molar refractivity (Wildman–Crippen MR) is 542 cm³/mol. The number of hydrogen-bond acceptors (Lipinski definition) is 31. The number of nitrogens with zero attached hydrogens (tertiary/aromatic N) is 1. The molecule has 6 fully saturated rings. The summed E-state index contributed by atoms with van der Waals surface area (Å²) in [6.45, 7) is 20.7. The van der Waals surface area contributed by atoms with Gasteiger partial charge in [0.05, 0.1) is 32.0 Å². The topological polar surface area (TPSA) is 612 Å². The zero-order valence-corrected chi connectivity index (χ0v) is 87.1. The fourth-order valence-electron chi connectivity index (χ4n) is 22.9. The highest BCUT2D eigenvalue weighted by molar-refractivity contribution is 9.10. The van der Waals surface area contributed by atoms with Gasteiger partial charge in [-0.15, -0.1) is 12.4 Å². The van der Waals surface area contributed by atoms with Gasteiger partial charge in [0.15, 0.2) is 31.0 Å². The number of benzene rings is 8. The van der Waals surface area contributed by atoms with E-state index < -0.39 is 130 Å². The number of nitrogens with one attached hydrogen (secondary N) is 5. The standard InChI is InChI=1S/C26H25N3O6S.C24H26N2O5.C20H19BrN2O5.C19H18N2O3.C9H14BNO4.C7H9NO4S.ClH/c1-12-9-15(12)14-7-8-16-19(10-14)35-26(32)17-5-4-6-18(27)21(17)23(30)25(16,26)29-24(31)22-13(2)20(11-28-22)36(3,33)34;1-12-10-14(12)13-8-9-15-18(11-13)30-24(29)16-6-5-7-17(25)19(16)20(27)23(15,24)26-21(28)31-22(2,3)4;1-18(2,3)28-17(25)23-19-11-8-7-10(21)9-14(11)27-20(19,26)12-5-4-6-13(22)15(12)16(19)24;1-9-7-11(9)10-5-6-12-15(8-10)24-19(23)13-3-2-4-14(20)16(13)17(22)18(12,19)21;1-6-3-7(6)10-11(2,4-8(12)14-10)5-9(13)15-10;1-4-5(13(2,11)12)3-8-6(4)7(9)10;/h4-8,10-12,15,28,32H,9,27H2,1-3H3,(H,29,31);5-9,11-12,14,29H,10,25H2,1-4H3,(H,26,28);4-9,26H,22H2,1-3H3,(H,23,25);2-6,8-9,11,23H,7,20-21H2,1H3;6-7H,3-5H2,1-2H3;3,8H,1-2H3,(H,9,10);1H/t12-,15?,25-,26-;12-,14?,23-,24-;19-,20-;9-,11?,18-,19-;6-,7?,10?,11?;;/m11111../s1. The first-order valence-electron chi connectivity index (χ1n) is 47.7. The number of carboxylic acids is 1. The van der Waals surface area contributed by atoms with E-state index in [1.165, 1.54) is 26.2 Å². The number of fused-ring (bicyclic) bond motifs is 21. The van der Waals surface area contributed by atoms with Crippen molar-refractivity contribution in [1.29, 1.82) is 0 Å². The molecule has 2 saturated heterocycles. The van der Waals surface area contributed by atoms with E-state index >= 15 is 0 Å². The quantitative estimate of drug-likeness (QED) is 0.0422. The lowest BCUT2D eigenvalue weighted by Crippen LogP contribution is -2.60. The number of anilines is 4. The lowest BCUT2D eigenvalue weighted by atomic mass is 9.61. The first-order chi connectivity index (χ1) is 68.5. The van der Waals surface area contributed by atoms with Gasteiger partial charge in [0, 0.05) is 109 Å². The largest absolute Gasteiger partial charge is 0.600 e. The number of aliphatic hydroxyl groups is 4. The Morgan fingerprint density at radius 2 is 0.770 bits per heavy atom. The van der Waals surface area contributed by atoms with Crippen LogP contribution in [0.25, 0.3) is 0 Å². The van der Waals surface area contributed by atoms with Crippen LogP contribution in [0.5, 0.6) is 23.0 Å². The van der Waals surface area contributed by atoms with Crippen molar-refractivity contribution in [3.63, 3.8) is 0 Å². The third kappa shape index (κ3) is 15.8. The summed E-state index contributed by atoms with van der Waals surface area (Å²) < 4.78 is 92.9. The first kappa shape index (κ1) is 104. The minimum atomic E-state index is -3.59. The lowest BCUT2D eigenvalue weighted by Gasteiger charge is -2.40. The van der Waals surface area contributed by atoms with Gasteiger partial charge in [-0.2, -0.15) is 0 Å². The van der Waals surface area contributed by atoms with Crippen molar-refractivity contribution in [2.45, 2.75) is 199 Å². The van der Waals surface area contributed by atoms with Gasteiger partial charge in [-0.1, -0.05) is 147 Å². The summed E-state index contributed by atoms with van der Waals surface area (Å²) in [6.07, 6.45) is 7.08. The molecule has 10 aromatic rings. The highest BCUT2D eigenvalue weighted by Gasteiger charge is 2.78. The van der Waals surface area contributed by atoms with Crippen molar-refractivity contribution < 1.29 is 132 Å². The number of rotatable bonds is 11. The number of nitrogens with two attached hydrogens (primary N) is 5. The third-order valence-corrected chi connectivity index (χ3v) is 33.6. The molecule has 38 nitrogen and oxygen atoms in total. The van der Waals surface area contributed by atoms with Crippen LogP contribution in [-0.2, 0) is 93.4 Å². The number of halogens is 2. The van der Waals surface area contributed by atoms with Gasteiger partial charge in [-0.05, 0) is 193 Å². The molecule has 16 atom stereocenters. The normalized spacial score (nSPS) is 29.8. The average molecular weight is 2150 g/mol. The fraction of sp³-hybridized carbons (Fsp3) is 0.371. The number of carbonyl (C=O) groups excluding carboxylic acids is 9. The molecule has 8 heterocycles. The zero-order chi connectivity index (χ0) is 107. The van der Waals surface area contributed by atoms with Crippen molar-refractivity contribution in [2.75, 3.05) is 55.6 Å². The molecule has 0 bridgehead atoms. The smallest absolute Gasteiger partial charge is 0.587 e. The zero-order valence-electron chi connectivity index (χ0n) is 83.1. The molecule has 4 unspecified atom stereocenters. The van der Waals surface area contributed by atoms with Crippen LogP contribution in [0.2, 0.25) is 5.82 Å². The van der Waals surface area contributed by atoms with Crippen molar-refractivity contribution >= 4 is 137 Å². The Morgan fingerprint density at radius 1 is 0.459 bits per heavy atom. The molecule has 148 heavy (non-hydrogen) atoms. The number of amides is 3. The molecule has 2 aromatic heterocycles. The Hall–Kier alpha value is -13.7. The van der Waals surface area contributed by atoms with E-state index in [9.17, 15) is 85.2 Å². The molecule has 6 aliphatic heterocycles. The Bertz CT molecular complexity index is 7720. The van der Waals surface area contributed by atoms with E-state index in [2.05, 4.69) is 69.5 Å². The summed E-state index contributed by atoms with van der Waals surface area (Å²) in [5.74, 6) is -7.69. The number of hydrogen-bond donors (Lipinski definition) is 15. The number of aromatic nitrogens is 2. The molecule has 3 amide bonds. The van der Waals surface area contributed by atoms with Gasteiger partial charge in [0.25, 0.3) is 29.1 Å². The molecule has 778 valence electrons. The van der Waals surface area contributed by atoms with Crippen LogP contribution in [0.3, 0.4) is 0 Å². The number of aromatic carboxylic acids is 1. The minimum absolute atomic E-state index is 0. The van der Waals surface area contributed by atoms with Gasteiger partial charge in [0.1, 0.15) is 58.7 Å². The highest BCUT2D eigenvalue weighted by atomic mass is 79.9. The summed E-state index contributed by atoms with van der Waals surface area (Å²) in [5, 5.41) is 63.3. The Balaban J connectivity index is 0.000000119. The number of nitrogen functional groups attached to an aromatic ring is 4. The molecule has 4 saturated carbocycles. The van der Waals surface area contributed by atoms with Crippen LogP contribution in [0.1, 0.15) is 247 Å². The fourth-order valence-corrected chi connectivity index (χ4v) is 25.1. The van der Waals surface area contributed by atoms with Crippen molar-refractivity contribution in [3.05, 3.63) is 268 Å². The minimum Gasteiger partial charge on any atom is -0.600 e. The maximum atomic E-state index is 14.0. The highest BCUT2D eigenvalue weighted by Crippen LogP contribution is 2.66. The summed E-state index contributed by atoms with van der Waals surface area (Å²) in [5.41, 5.74) is 29.1. The number of Topliss-reactive ketones (excluding diaryl/α,β-unsaturated/α-hetero) is 4. The second-order valence-electron chi connectivity index (χ2n) is 43.0. The van der Waals surface area contributed by atoms with Gasteiger partial charge in [0.2, 0.25) is 34.0 Å². The molecule has 8 aromatic carbocycles. The number of ketones is 4. The van der Waals surface area contributed by atoms with Crippen LogP contribution in [0.4, 0.5) is 32.3 Å². The molecule has 43 heteroatoms. The molecule has 0 radical (unpaired) electrons. The van der Waals surface area contributed by atoms with Crippen molar-refractivity contribution in [1.82, 2.24) is 25.9 Å². The van der Waals surface area contributed by atoms with Crippen LogP contribution >= 0.6 is 28.3 Å². The molecule has 0 spiro atoms. The van der Waals surface area contributed by atoms with Crippen LogP contribution < -0.4 is 63.6 Å². The molecule has 20 N–H and O–H groups in total. The van der Waals surface area contributed by atoms with E-state index in [0.717, 1.165) is 54.9 Å².